The fourth-order valence-corrected chi connectivity index (χ4v) is 4.64. The zero-order valence-electron chi connectivity index (χ0n) is 18.1. The smallest absolute Gasteiger partial charge is 0.339 e. The van der Waals surface area contributed by atoms with Crippen LogP contribution in [0.1, 0.15) is 48.2 Å². The van der Waals surface area contributed by atoms with Crippen LogP contribution in [0.25, 0.3) is 21.7 Å². The number of amides is 2. The lowest BCUT2D eigenvalue weighted by Gasteiger charge is -2.22. The first-order valence-electron chi connectivity index (χ1n) is 10.6. The van der Waals surface area contributed by atoms with Crippen molar-refractivity contribution in [2.24, 2.45) is 0 Å². The van der Waals surface area contributed by atoms with Crippen molar-refractivity contribution < 1.29 is 14.3 Å². The monoisotopic (exact) mass is 451 g/mol. The van der Waals surface area contributed by atoms with Gasteiger partial charge in [0.1, 0.15) is 10.8 Å². The number of carbonyl (C=O) groups is 2. The Bertz CT molecular complexity index is 1120. The van der Waals surface area contributed by atoms with Crippen LogP contribution in [0.2, 0.25) is 0 Å². The van der Waals surface area contributed by atoms with Gasteiger partial charge in [-0.2, -0.15) is 0 Å². The van der Waals surface area contributed by atoms with E-state index in [9.17, 15) is 9.59 Å². The lowest BCUT2D eigenvalue weighted by atomic mass is 9.96. The predicted molar refractivity (Wildman–Crippen MR) is 124 cm³/mol. The van der Waals surface area contributed by atoms with Gasteiger partial charge in [-0.05, 0) is 31.9 Å². The molecule has 0 unspecified atom stereocenters. The van der Waals surface area contributed by atoms with E-state index in [0.29, 0.717) is 16.9 Å². The molecule has 1 aliphatic carbocycles. The molecule has 0 atom stereocenters. The topological polar surface area (TPSA) is 106 Å². The number of pyridine rings is 2. The van der Waals surface area contributed by atoms with Gasteiger partial charge in [-0.1, -0.05) is 19.3 Å². The van der Waals surface area contributed by atoms with E-state index in [1.807, 2.05) is 12.3 Å². The molecule has 1 aliphatic rings. The Morgan fingerprint density at radius 2 is 1.91 bits per heavy atom. The SMILES string of the molecule is COC(=O)c1cncc(-c2cnc(NC(=O)NC3CCCCC3)cc2-c2nc(C)cs2)c1. The van der Waals surface area contributed by atoms with Crippen LogP contribution in [0.15, 0.2) is 36.1 Å². The average Bonchev–Trinajstić information content (AvgIpc) is 3.25. The molecule has 2 amide bonds. The number of anilines is 1. The first-order valence-corrected chi connectivity index (χ1v) is 11.5. The van der Waals surface area contributed by atoms with E-state index in [4.69, 9.17) is 4.74 Å². The summed E-state index contributed by atoms with van der Waals surface area (Å²) >= 11 is 1.50. The summed E-state index contributed by atoms with van der Waals surface area (Å²) in [6, 6.07) is 3.46. The van der Waals surface area contributed by atoms with Crippen LogP contribution in [0, 0.1) is 6.92 Å². The van der Waals surface area contributed by atoms with Crippen LogP contribution in [-0.2, 0) is 4.74 Å². The third kappa shape index (κ3) is 5.11. The minimum absolute atomic E-state index is 0.205. The number of nitrogens with one attached hydrogen (secondary N) is 2. The van der Waals surface area contributed by atoms with E-state index < -0.39 is 5.97 Å². The van der Waals surface area contributed by atoms with E-state index in [0.717, 1.165) is 47.5 Å². The minimum Gasteiger partial charge on any atom is -0.465 e. The Hall–Kier alpha value is -3.33. The lowest BCUT2D eigenvalue weighted by molar-refractivity contribution is 0.0600. The van der Waals surface area contributed by atoms with Crippen LogP contribution >= 0.6 is 11.3 Å². The van der Waals surface area contributed by atoms with Gasteiger partial charge in [0.05, 0.1) is 12.7 Å². The molecule has 9 heteroatoms. The molecule has 0 aliphatic heterocycles. The molecule has 4 rings (SSSR count). The summed E-state index contributed by atoms with van der Waals surface area (Å²) in [6.45, 7) is 1.93. The number of aromatic nitrogens is 3. The maximum Gasteiger partial charge on any atom is 0.339 e. The Balaban J connectivity index is 1.64. The first-order chi connectivity index (χ1) is 15.5. The van der Waals surface area contributed by atoms with Gasteiger partial charge in [0, 0.05) is 52.4 Å². The minimum atomic E-state index is -0.461. The molecule has 1 saturated carbocycles. The average molecular weight is 452 g/mol. The Morgan fingerprint density at radius 3 is 2.62 bits per heavy atom. The van der Waals surface area contributed by atoms with Gasteiger partial charge in [-0.3, -0.25) is 10.3 Å². The number of esters is 1. The molecule has 0 aromatic carbocycles. The molecule has 166 valence electrons. The van der Waals surface area contributed by atoms with Gasteiger partial charge < -0.3 is 10.1 Å². The van der Waals surface area contributed by atoms with Crippen molar-refractivity contribution in [3.05, 3.63) is 47.4 Å². The summed E-state index contributed by atoms with van der Waals surface area (Å²) in [4.78, 5) is 37.7. The van der Waals surface area contributed by atoms with Crippen molar-refractivity contribution in [1.82, 2.24) is 20.3 Å². The number of hydrogen-bond donors (Lipinski definition) is 2. The van der Waals surface area contributed by atoms with Crippen molar-refractivity contribution >= 4 is 29.2 Å². The number of aryl methyl sites for hydroxylation is 1. The quantitative estimate of drug-likeness (QED) is 0.539. The maximum absolute atomic E-state index is 12.5. The summed E-state index contributed by atoms with van der Waals surface area (Å²) in [5.41, 5.74) is 3.52. The molecule has 1 fully saturated rings. The number of ether oxygens (including phenoxy) is 1. The standard InChI is InChI=1S/C23H25N5O3S/c1-14-13-32-21(26-14)18-9-20(28-23(30)27-17-6-4-3-5-7-17)25-12-19(18)15-8-16(11-24-10-15)22(29)31-2/h8-13,17H,3-7H2,1-2H3,(H2,25,27,28,30). The Morgan fingerprint density at radius 1 is 1.09 bits per heavy atom. The molecule has 3 aromatic heterocycles. The van der Waals surface area contributed by atoms with Crippen LogP contribution in [0.4, 0.5) is 10.6 Å². The van der Waals surface area contributed by atoms with Crippen LogP contribution in [-0.4, -0.2) is 40.1 Å². The molecular formula is C23H25N5O3S. The molecule has 0 spiro atoms. The van der Waals surface area contributed by atoms with E-state index >= 15 is 0 Å². The highest BCUT2D eigenvalue weighted by Gasteiger charge is 2.18. The van der Waals surface area contributed by atoms with Gasteiger partial charge >= 0.3 is 12.0 Å². The second-order valence-electron chi connectivity index (χ2n) is 7.80. The van der Waals surface area contributed by atoms with Crippen LogP contribution < -0.4 is 10.6 Å². The van der Waals surface area contributed by atoms with Crippen molar-refractivity contribution in [1.29, 1.82) is 0 Å². The number of methoxy groups -OCH3 is 1. The second-order valence-corrected chi connectivity index (χ2v) is 8.65. The highest BCUT2D eigenvalue weighted by molar-refractivity contribution is 7.13. The van der Waals surface area contributed by atoms with Crippen molar-refractivity contribution in [3.63, 3.8) is 0 Å². The number of rotatable bonds is 5. The van der Waals surface area contributed by atoms with Crippen molar-refractivity contribution in [2.45, 2.75) is 45.1 Å². The fourth-order valence-electron chi connectivity index (χ4n) is 3.81. The molecule has 0 radical (unpaired) electrons. The van der Waals surface area contributed by atoms with Crippen LogP contribution in [0.5, 0.6) is 0 Å². The molecule has 32 heavy (non-hydrogen) atoms. The molecule has 8 nitrogen and oxygen atoms in total. The highest BCUT2D eigenvalue weighted by atomic mass is 32.1. The van der Waals surface area contributed by atoms with E-state index in [1.54, 1.807) is 24.5 Å². The van der Waals surface area contributed by atoms with E-state index in [1.165, 1.54) is 31.1 Å². The lowest BCUT2D eigenvalue weighted by Crippen LogP contribution is -2.39. The molecule has 0 bridgehead atoms. The second kappa shape index (κ2) is 9.86. The Labute approximate surface area is 190 Å². The van der Waals surface area contributed by atoms with Gasteiger partial charge in [0.15, 0.2) is 0 Å². The molecule has 3 aromatic rings. The summed E-state index contributed by atoms with van der Waals surface area (Å²) in [5, 5.41) is 8.64. The summed E-state index contributed by atoms with van der Waals surface area (Å²) in [6.07, 6.45) is 10.3. The van der Waals surface area contributed by atoms with Gasteiger partial charge in [-0.15, -0.1) is 11.3 Å². The Kier molecular flexibility index (Phi) is 6.75. The molecule has 0 saturated heterocycles. The number of urea groups is 1. The van der Waals surface area contributed by atoms with Gasteiger partial charge in [-0.25, -0.2) is 19.6 Å². The third-order valence-corrected chi connectivity index (χ3v) is 6.40. The fraction of sp³-hybridized carbons (Fsp3) is 0.348. The molecule has 2 N–H and O–H groups in total. The van der Waals surface area contributed by atoms with Gasteiger partial charge in [0.2, 0.25) is 0 Å². The van der Waals surface area contributed by atoms with E-state index in [-0.39, 0.29) is 12.1 Å². The molecule has 3 heterocycles. The first kappa shape index (κ1) is 21.9. The third-order valence-electron chi connectivity index (χ3n) is 5.41. The van der Waals surface area contributed by atoms with Crippen molar-refractivity contribution in [3.8, 4) is 21.7 Å². The zero-order valence-corrected chi connectivity index (χ0v) is 18.9. The predicted octanol–water partition coefficient (Wildman–Crippen LogP) is 4.82. The van der Waals surface area contributed by atoms with E-state index in [2.05, 4.69) is 25.6 Å². The van der Waals surface area contributed by atoms with Gasteiger partial charge in [0.25, 0.3) is 0 Å². The number of hydrogen-bond acceptors (Lipinski definition) is 7. The highest BCUT2D eigenvalue weighted by Crippen LogP contribution is 2.35. The summed E-state index contributed by atoms with van der Waals surface area (Å²) in [7, 11) is 1.33. The normalized spacial score (nSPS) is 14.1. The summed E-state index contributed by atoms with van der Waals surface area (Å²) in [5.74, 6) is -0.0291. The number of thiazole rings is 1. The van der Waals surface area contributed by atoms with Crippen molar-refractivity contribution in [2.75, 3.05) is 12.4 Å². The number of carbonyl (C=O) groups excluding carboxylic acids is 2. The number of nitrogens with zero attached hydrogens (tertiary/aromatic N) is 3. The largest absolute Gasteiger partial charge is 0.465 e. The van der Waals surface area contributed by atoms with Crippen LogP contribution in [0.3, 0.4) is 0 Å². The summed E-state index contributed by atoms with van der Waals surface area (Å²) < 4.78 is 4.81. The zero-order chi connectivity index (χ0) is 22.5. The molecular weight excluding hydrogens is 426 g/mol. The maximum atomic E-state index is 12.5.